The Hall–Kier alpha value is -3.09. The van der Waals surface area contributed by atoms with Crippen molar-refractivity contribution in [1.29, 1.82) is 0 Å². The van der Waals surface area contributed by atoms with Gasteiger partial charge in [-0.25, -0.2) is 4.98 Å². The van der Waals surface area contributed by atoms with Crippen LogP contribution in [0.4, 0.5) is 5.69 Å². The van der Waals surface area contributed by atoms with E-state index in [0.29, 0.717) is 35.9 Å². The standard InChI is InChI=1S/C20H25N5O2/c1-3-4-13-25(2)16-9-7-15(8-10-16)20(26)21-12-11-18-22-19(24-23-18)17-6-5-14-27-17/h5-10,14H,3-4,11-13H2,1-2H3,(H,21,26)(H,22,23,24). The predicted molar refractivity (Wildman–Crippen MR) is 105 cm³/mol. The number of carbonyl (C=O) groups is 1. The van der Waals surface area contributed by atoms with Gasteiger partial charge in [-0.05, 0) is 42.8 Å². The molecule has 3 rings (SSSR count). The molecule has 0 bridgehead atoms. The van der Waals surface area contributed by atoms with E-state index in [0.717, 1.165) is 18.7 Å². The maximum absolute atomic E-state index is 12.3. The number of hydrogen-bond donors (Lipinski definition) is 2. The molecule has 1 aromatic carbocycles. The molecule has 3 aromatic rings. The molecule has 0 saturated carbocycles. The number of unbranched alkanes of at least 4 members (excludes halogenated alkanes) is 1. The zero-order valence-corrected chi connectivity index (χ0v) is 15.7. The molecule has 2 N–H and O–H groups in total. The quantitative estimate of drug-likeness (QED) is 0.606. The summed E-state index contributed by atoms with van der Waals surface area (Å²) in [5.74, 6) is 1.74. The maximum atomic E-state index is 12.3. The number of amides is 1. The molecule has 0 unspecified atom stereocenters. The minimum Gasteiger partial charge on any atom is -0.461 e. The van der Waals surface area contributed by atoms with Crippen LogP contribution < -0.4 is 10.2 Å². The first-order chi connectivity index (χ1) is 13.2. The summed E-state index contributed by atoms with van der Waals surface area (Å²) >= 11 is 0. The van der Waals surface area contributed by atoms with Crippen LogP contribution in [0.3, 0.4) is 0 Å². The summed E-state index contributed by atoms with van der Waals surface area (Å²) in [5, 5.41) is 9.89. The van der Waals surface area contributed by atoms with Gasteiger partial charge in [0, 0.05) is 37.8 Å². The monoisotopic (exact) mass is 367 g/mol. The second-order valence-electron chi connectivity index (χ2n) is 6.41. The van der Waals surface area contributed by atoms with E-state index in [-0.39, 0.29) is 5.91 Å². The first-order valence-electron chi connectivity index (χ1n) is 9.22. The smallest absolute Gasteiger partial charge is 0.251 e. The summed E-state index contributed by atoms with van der Waals surface area (Å²) in [5.41, 5.74) is 1.77. The summed E-state index contributed by atoms with van der Waals surface area (Å²) in [7, 11) is 2.07. The van der Waals surface area contributed by atoms with Crippen molar-refractivity contribution < 1.29 is 9.21 Å². The van der Waals surface area contributed by atoms with E-state index in [1.54, 1.807) is 18.4 Å². The van der Waals surface area contributed by atoms with Crippen molar-refractivity contribution in [3.63, 3.8) is 0 Å². The van der Waals surface area contributed by atoms with E-state index in [4.69, 9.17) is 4.42 Å². The highest BCUT2D eigenvalue weighted by atomic mass is 16.3. The van der Waals surface area contributed by atoms with E-state index in [1.807, 2.05) is 24.3 Å². The number of hydrogen-bond acceptors (Lipinski definition) is 5. The van der Waals surface area contributed by atoms with E-state index >= 15 is 0 Å². The molecule has 0 radical (unpaired) electrons. The molecular weight excluding hydrogens is 342 g/mol. The highest BCUT2D eigenvalue weighted by Crippen LogP contribution is 2.15. The normalized spacial score (nSPS) is 10.7. The number of benzene rings is 1. The minimum atomic E-state index is -0.0939. The largest absolute Gasteiger partial charge is 0.461 e. The van der Waals surface area contributed by atoms with E-state index in [9.17, 15) is 4.79 Å². The molecule has 1 amide bonds. The lowest BCUT2D eigenvalue weighted by atomic mass is 10.1. The topological polar surface area (TPSA) is 87.1 Å². The predicted octanol–water partition coefficient (Wildman–Crippen LogP) is 3.27. The van der Waals surface area contributed by atoms with Gasteiger partial charge in [-0.2, -0.15) is 5.10 Å². The van der Waals surface area contributed by atoms with Gasteiger partial charge in [-0.3, -0.25) is 9.89 Å². The lowest BCUT2D eigenvalue weighted by molar-refractivity contribution is 0.0954. The Morgan fingerprint density at radius 3 is 2.78 bits per heavy atom. The van der Waals surface area contributed by atoms with Crippen LogP contribution >= 0.6 is 0 Å². The van der Waals surface area contributed by atoms with Crippen LogP contribution in [0.5, 0.6) is 0 Å². The van der Waals surface area contributed by atoms with Crippen molar-refractivity contribution in [3.8, 4) is 11.6 Å². The number of aromatic nitrogens is 3. The summed E-state index contributed by atoms with van der Waals surface area (Å²) in [6.07, 6.45) is 4.47. The zero-order chi connectivity index (χ0) is 19.1. The number of rotatable bonds is 9. The lowest BCUT2D eigenvalue weighted by Crippen LogP contribution is -2.26. The molecule has 0 aliphatic carbocycles. The van der Waals surface area contributed by atoms with Gasteiger partial charge in [0.15, 0.2) is 5.76 Å². The van der Waals surface area contributed by atoms with E-state index in [2.05, 4.69) is 39.4 Å². The van der Waals surface area contributed by atoms with Crippen molar-refractivity contribution >= 4 is 11.6 Å². The highest BCUT2D eigenvalue weighted by molar-refractivity contribution is 5.94. The third-order valence-corrected chi connectivity index (χ3v) is 4.34. The maximum Gasteiger partial charge on any atom is 0.251 e. The van der Waals surface area contributed by atoms with Crippen molar-refractivity contribution in [2.24, 2.45) is 0 Å². The van der Waals surface area contributed by atoms with Gasteiger partial charge in [-0.1, -0.05) is 13.3 Å². The van der Waals surface area contributed by atoms with Gasteiger partial charge in [-0.15, -0.1) is 0 Å². The van der Waals surface area contributed by atoms with Crippen molar-refractivity contribution in [2.45, 2.75) is 26.2 Å². The van der Waals surface area contributed by atoms with Gasteiger partial charge >= 0.3 is 0 Å². The summed E-state index contributed by atoms with van der Waals surface area (Å²) in [6.45, 7) is 3.67. The van der Waals surface area contributed by atoms with E-state index in [1.165, 1.54) is 6.42 Å². The molecule has 2 heterocycles. The van der Waals surface area contributed by atoms with Crippen LogP contribution in [-0.2, 0) is 6.42 Å². The number of aromatic amines is 1. The Kier molecular flexibility index (Phi) is 6.25. The second kappa shape index (κ2) is 9.02. The molecule has 0 saturated heterocycles. The van der Waals surface area contributed by atoms with Gasteiger partial charge in [0.2, 0.25) is 5.82 Å². The molecule has 0 spiro atoms. The number of nitrogens with zero attached hydrogens (tertiary/aromatic N) is 3. The second-order valence-corrected chi connectivity index (χ2v) is 6.41. The van der Waals surface area contributed by atoms with Gasteiger partial charge < -0.3 is 14.6 Å². The van der Waals surface area contributed by atoms with Crippen LogP contribution in [0, 0.1) is 0 Å². The van der Waals surface area contributed by atoms with Crippen LogP contribution in [0.2, 0.25) is 0 Å². The number of anilines is 1. The SMILES string of the molecule is CCCCN(C)c1ccc(C(=O)NCCc2nc(-c3ccco3)n[nH]2)cc1. The fourth-order valence-electron chi connectivity index (χ4n) is 2.71. The van der Waals surface area contributed by atoms with Crippen molar-refractivity contribution in [3.05, 3.63) is 54.0 Å². The fraction of sp³-hybridized carbons (Fsp3) is 0.350. The summed E-state index contributed by atoms with van der Waals surface area (Å²) in [4.78, 5) is 18.9. The first-order valence-corrected chi connectivity index (χ1v) is 9.22. The third kappa shape index (κ3) is 4.97. The minimum absolute atomic E-state index is 0.0939. The Morgan fingerprint density at radius 1 is 1.26 bits per heavy atom. The van der Waals surface area contributed by atoms with Crippen LogP contribution in [0.1, 0.15) is 35.9 Å². The molecule has 0 aliphatic rings. The first kappa shape index (κ1) is 18.7. The molecule has 7 nitrogen and oxygen atoms in total. The average molecular weight is 367 g/mol. The van der Waals surface area contributed by atoms with Crippen LogP contribution in [-0.4, -0.2) is 41.2 Å². The van der Waals surface area contributed by atoms with Crippen molar-refractivity contribution in [1.82, 2.24) is 20.5 Å². The van der Waals surface area contributed by atoms with Crippen LogP contribution in [0.15, 0.2) is 47.1 Å². The summed E-state index contributed by atoms with van der Waals surface area (Å²) in [6, 6.07) is 11.3. The molecule has 0 fully saturated rings. The molecule has 27 heavy (non-hydrogen) atoms. The molecule has 0 aliphatic heterocycles. The highest BCUT2D eigenvalue weighted by Gasteiger charge is 2.10. The molecule has 142 valence electrons. The third-order valence-electron chi connectivity index (χ3n) is 4.34. The Morgan fingerprint density at radius 2 is 2.07 bits per heavy atom. The average Bonchev–Trinajstić information content (AvgIpc) is 3.38. The van der Waals surface area contributed by atoms with Crippen LogP contribution in [0.25, 0.3) is 11.6 Å². The Bertz CT molecular complexity index is 840. The lowest BCUT2D eigenvalue weighted by Gasteiger charge is -2.19. The zero-order valence-electron chi connectivity index (χ0n) is 15.7. The number of furan rings is 1. The number of carbonyl (C=O) groups excluding carboxylic acids is 1. The van der Waals surface area contributed by atoms with E-state index < -0.39 is 0 Å². The molecule has 7 heteroatoms. The number of nitrogens with one attached hydrogen (secondary N) is 2. The fourth-order valence-corrected chi connectivity index (χ4v) is 2.71. The van der Waals surface area contributed by atoms with Gasteiger partial charge in [0.25, 0.3) is 5.91 Å². The Balaban J connectivity index is 1.48. The molecule has 2 aromatic heterocycles. The molecule has 0 atom stereocenters. The molecular formula is C20H25N5O2. The van der Waals surface area contributed by atoms with Gasteiger partial charge in [0.1, 0.15) is 5.82 Å². The van der Waals surface area contributed by atoms with Crippen molar-refractivity contribution in [2.75, 3.05) is 25.0 Å². The number of H-pyrrole nitrogens is 1. The summed E-state index contributed by atoms with van der Waals surface area (Å²) < 4.78 is 5.26. The Labute approximate surface area is 158 Å². The van der Waals surface area contributed by atoms with Gasteiger partial charge in [0.05, 0.1) is 6.26 Å².